The molecule has 0 saturated heterocycles. The molecule has 2 rings (SSSR count). The summed E-state index contributed by atoms with van der Waals surface area (Å²) in [6, 6.07) is 2.97. The normalized spacial score (nSPS) is 12.3. The first-order chi connectivity index (χ1) is 7.30. The number of nitrogens with zero attached hydrogens (tertiary/aromatic N) is 1. The largest absolute Gasteiger partial charge is 0.330 e. The van der Waals surface area contributed by atoms with Crippen LogP contribution in [0.3, 0.4) is 0 Å². The third kappa shape index (κ3) is 1.76. The predicted octanol–water partition coefficient (Wildman–Crippen LogP) is 4.25. The van der Waals surface area contributed by atoms with Gasteiger partial charge in [0, 0.05) is 11.6 Å². The van der Waals surface area contributed by atoms with E-state index in [0.717, 1.165) is 5.52 Å². The monoisotopic (exact) mass is 258 g/mol. The summed E-state index contributed by atoms with van der Waals surface area (Å²) in [5.74, 6) is -0.438. The second kappa shape index (κ2) is 3.57. The van der Waals surface area contributed by atoms with Crippen molar-refractivity contribution in [2.45, 2.75) is 26.3 Å². The summed E-state index contributed by atoms with van der Waals surface area (Å²) in [5, 5.41) is 0.111. The van der Waals surface area contributed by atoms with Gasteiger partial charge in [-0.15, -0.1) is 0 Å². The standard InChI is InChI=1S/C11H12ClFN2S/c1-11(2,3)15-9-4-6(12)7(13)5-8(9)14-10(15)16/h4-5H,1-3H3,(H,14,16). The Labute approximate surface area is 103 Å². The highest BCUT2D eigenvalue weighted by atomic mass is 35.5. The Hall–Kier alpha value is -0.870. The molecule has 0 amide bonds. The molecule has 5 heteroatoms. The van der Waals surface area contributed by atoms with Gasteiger partial charge >= 0.3 is 0 Å². The molecule has 0 aliphatic rings. The van der Waals surface area contributed by atoms with Crippen LogP contribution in [0.1, 0.15) is 20.8 Å². The van der Waals surface area contributed by atoms with Gasteiger partial charge in [0.2, 0.25) is 0 Å². The number of halogens is 2. The molecule has 0 atom stereocenters. The summed E-state index contributed by atoms with van der Waals surface area (Å²) in [5.41, 5.74) is 1.32. The minimum atomic E-state index is -0.438. The lowest BCUT2D eigenvalue weighted by atomic mass is 10.1. The Morgan fingerprint density at radius 3 is 2.56 bits per heavy atom. The van der Waals surface area contributed by atoms with Crippen LogP contribution < -0.4 is 0 Å². The topological polar surface area (TPSA) is 20.7 Å². The molecule has 2 aromatic rings. The van der Waals surface area contributed by atoms with Gasteiger partial charge in [-0.1, -0.05) is 11.6 Å². The van der Waals surface area contributed by atoms with Crippen molar-refractivity contribution in [2.24, 2.45) is 0 Å². The van der Waals surface area contributed by atoms with Crippen molar-refractivity contribution >= 4 is 34.9 Å². The Morgan fingerprint density at radius 1 is 1.38 bits per heavy atom. The fourth-order valence-corrected chi connectivity index (χ4v) is 2.41. The van der Waals surface area contributed by atoms with Crippen LogP contribution >= 0.6 is 23.8 Å². The van der Waals surface area contributed by atoms with Crippen LogP contribution in [-0.4, -0.2) is 9.55 Å². The van der Waals surface area contributed by atoms with E-state index in [1.807, 2.05) is 25.3 Å². The molecule has 16 heavy (non-hydrogen) atoms. The van der Waals surface area contributed by atoms with Crippen molar-refractivity contribution in [2.75, 3.05) is 0 Å². The minimum absolute atomic E-state index is 0.111. The molecule has 0 radical (unpaired) electrons. The van der Waals surface area contributed by atoms with E-state index in [1.165, 1.54) is 6.07 Å². The summed E-state index contributed by atoms with van der Waals surface area (Å²) in [4.78, 5) is 2.98. The number of hydrogen-bond donors (Lipinski definition) is 1. The number of rotatable bonds is 0. The molecule has 1 aromatic heterocycles. The third-order valence-corrected chi connectivity index (χ3v) is 2.97. The smallest absolute Gasteiger partial charge is 0.178 e. The number of fused-ring (bicyclic) bond motifs is 1. The van der Waals surface area contributed by atoms with Gasteiger partial charge in [-0.3, -0.25) is 0 Å². The van der Waals surface area contributed by atoms with Gasteiger partial charge < -0.3 is 9.55 Å². The number of nitrogens with one attached hydrogen (secondary N) is 1. The fraction of sp³-hybridized carbons (Fsp3) is 0.364. The van der Waals surface area contributed by atoms with E-state index in [4.69, 9.17) is 23.8 Å². The second-order valence-corrected chi connectivity index (χ2v) is 5.51. The number of H-pyrrole nitrogens is 1. The first-order valence-electron chi connectivity index (χ1n) is 4.91. The molecule has 86 valence electrons. The zero-order valence-corrected chi connectivity index (χ0v) is 10.8. The molecule has 0 saturated carbocycles. The fourth-order valence-electron chi connectivity index (χ4n) is 1.77. The number of aromatic nitrogens is 2. The first-order valence-corrected chi connectivity index (χ1v) is 5.69. The van der Waals surface area contributed by atoms with E-state index >= 15 is 0 Å². The first kappa shape index (κ1) is 11.6. The lowest BCUT2D eigenvalue weighted by Crippen LogP contribution is -2.21. The summed E-state index contributed by atoms with van der Waals surface area (Å²) in [6.07, 6.45) is 0. The maximum Gasteiger partial charge on any atom is 0.178 e. The summed E-state index contributed by atoms with van der Waals surface area (Å²) in [7, 11) is 0. The predicted molar refractivity (Wildman–Crippen MR) is 67.1 cm³/mol. The van der Waals surface area contributed by atoms with Crippen LogP contribution in [-0.2, 0) is 5.54 Å². The molecule has 0 fully saturated rings. The highest BCUT2D eigenvalue weighted by molar-refractivity contribution is 7.71. The quantitative estimate of drug-likeness (QED) is 0.701. The zero-order valence-electron chi connectivity index (χ0n) is 9.27. The Balaban J connectivity index is 2.90. The van der Waals surface area contributed by atoms with Crippen molar-refractivity contribution in [3.8, 4) is 0 Å². The van der Waals surface area contributed by atoms with Crippen molar-refractivity contribution in [3.05, 3.63) is 27.7 Å². The van der Waals surface area contributed by atoms with E-state index in [1.54, 1.807) is 6.07 Å². The second-order valence-electron chi connectivity index (χ2n) is 4.72. The molecule has 2 nitrogen and oxygen atoms in total. The number of imidazole rings is 1. The maximum atomic E-state index is 13.3. The van der Waals surface area contributed by atoms with Crippen LogP contribution in [0, 0.1) is 10.6 Å². The average Bonchev–Trinajstić information content (AvgIpc) is 2.40. The number of benzene rings is 1. The SMILES string of the molecule is CC(C)(C)n1c(=S)[nH]c2cc(F)c(Cl)cc21. The summed E-state index contributed by atoms with van der Waals surface area (Å²) >= 11 is 11.0. The van der Waals surface area contributed by atoms with Crippen LogP contribution in [0.25, 0.3) is 11.0 Å². The maximum absolute atomic E-state index is 13.3. The van der Waals surface area contributed by atoms with E-state index < -0.39 is 5.82 Å². The molecule has 0 unspecified atom stereocenters. The van der Waals surface area contributed by atoms with E-state index in [-0.39, 0.29) is 10.6 Å². The van der Waals surface area contributed by atoms with Crippen LogP contribution in [0.2, 0.25) is 5.02 Å². The summed E-state index contributed by atoms with van der Waals surface area (Å²) < 4.78 is 15.8. The average molecular weight is 259 g/mol. The van der Waals surface area contributed by atoms with E-state index in [0.29, 0.717) is 10.3 Å². The van der Waals surface area contributed by atoms with E-state index in [2.05, 4.69) is 4.98 Å². The molecule has 1 heterocycles. The highest BCUT2D eigenvalue weighted by Crippen LogP contribution is 2.27. The van der Waals surface area contributed by atoms with Crippen LogP contribution in [0.5, 0.6) is 0 Å². The van der Waals surface area contributed by atoms with Crippen molar-refractivity contribution in [3.63, 3.8) is 0 Å². The van der Waals surface area contributed by atoms with E-state index in [9.17, 15) is 4.39 Å². The van der Waals surface area contributed by atoms with Gasteiger partial charge in [0.1, 0.15) is 5.82 Å². The minimum Gasteiger partial charge on any atom is -0.330 e. The van der Waals surface area contributed by atoms with Gasteiger partial charge in [-0.25, -0.2) is 4.39 Å². The van der Waals surface area contributed by atoms with Gasteiger partial charge in [0.15, 0.2) is 4.77 Å². The Bertz CT molecular complexity index is 607. The molecular formula is C11H12ClFN2S. The Morgan fingerprint density at radius 2 is 2.00 bits per heavy atom. The molecule has 0 aliphatic carbocycles. The number of aromatic amines is 1. The summed E-state index contributed by atoms with van der Waals surface area (Å²) in [6.45, 7) is 6.11. The Kier molecular flexibility index (Phi) is 2.59. The van der Waals surface area contributed by atoms with Crippen LogP contribution in [0.15, 0.2) is 12.1 Å². The van der Waals surface area contributed by atoms with Crippen molar-refractivity contribution in [1.82, 2.24) is 9.55 Å². The van der Waals surface area contributed by atoms with Crippen LogP contribution in [0.4, 0.5) is 4.39 Å². The molecule has 0 spiro atoms. The zero-order chi connectivity index (χ0) is 12.1. The molecule has 0 bridgehead atoms. The van der Waals surface area contributed by atoms with Gasteiger partial charge in [-0.05, 0) is 39.1 Å². The van der Waals surface area contributed by atoms with Gasteiger partial charge in [-0.2, -0.15) is 0 Å². The molecular weight excluding hydrogens is 247 g/mol. The highest BCUT2D eigenvalue weighted by Gasteiger charge is 2.18. The lowest BCUT2D eigenvalue weighted by molar-refractivity contribution is 0.404. The van der Waals surface area contributed by atoms with Crippen molar-refractivity contribution < 1.29 is 4.39 Å². The lowest BCUT2D eigenvalue weighted by Gasteiger charge is -2.21. The molecule has 1 aromatic carbocycles. The van der Waals surface area contributed by atoms with Crippen molar-refractivity contribution in [1.29, 1.82) is 0 Å². The molecule has 0 aliphatic heterocycles. The third-order valence-electron chi connectivity index (χ3n) is 2.40. The van der Waals surface area contributed by atoms with Gasteiger partial charge in [0.25, 0.3) is 0 Å². The molecule has 1 N–H and O–H groups in total. The number of hydrogen-bond acceptors (Lipinski definition) is 1. The van der Waals surface area contributed by atoms with Gasteiger partial charge in [0.05, 0.1) is 16.1 Å².